The van der Waals surface area contributed by atoms with E-state index in [1.807, 2.05) is 48.5 Å². The van der Waals surface area contributed by atoms with E-state index in [4.69, 9.17) is 0 Å². The SMILES string of the molecule is O=C1CCC(C(=O)Nc2ccc(-c3ccc4nnc(-c5ccncc5)n4n3)cc2)N1. The van der Waals surface area contributed by atoms with Crippen LogP contribution >= 0.6 is 0 Å². The Labute approximate surface area is 171 Å². The highest BCUT2D eigenvalue weighted by atomic mass is 16.2. The number of carbonyl (C=O) groups is 2. The molecule has 1 aliphatic rings. The van der Waals surface area contributed by atoms with Crippen molar-refractivity contribution in [3.63, 3.8) is 0 Å². The molecule has 1 aromatic carbocycles. The van der Waals surface area contributed by atoms with E-state index in [1.165, 1.54) is 0 Å². The van der Waals surface area contributed by atoms with Crippen LogP contribution in [-0.2, 0) is 9.59 Å². The molecule has 9 heteroatoms. The van der Waals surface area contributed by atoms with Gasteiger partial charge in [-0.25, -0.2) is 0 Å². The van der Waals surface area contributed by atoms with Crippen molar-refractivity contribution < 1.29 is 9.59 Å². The Bertz CT molecular complexity index is 1240. The highest BCUT2D eigenvalue weighted by Crippen LogP contribution is 2.22. The van der Waals surface area contributed by atoms with Gasteiger partial charge in [-0.3, -0.25) is 14.6 Å². The molecule has 2 amide bonds. The average molecular weight is 399 g/mol. The number of fused-ring (bicyclic) bond motifs is 1. The van der Waals surface area contributed by atoms with Crippen molar-refractivity contribution in [2.75, 3.05) is 5.32 Å². The summed E-state index contributed by atoms with van der Waals surface area (Å²) in [5.74, 6) is 0.337. The molecular formula is C21H17N7O2. The molecule has 2 N–H and O–H groups in total. The molecule has 9 nitrogen and oxygen atoms in total. The number of carbonyl (C=O) groups excluding carboxylic acids is 2. The molecule has 4 aromatic rings. The lowest BCUT2D eigenvalue weighted by Gasteiger charge is -2.11. The number of anilines is 1. The predicted molar refractivity (Wildman–Crippen MR) is 109 cm³/mol. The average Bonchev–Trinajstić information content (AvgIpc) is 3.41. The second-order valence-electron chi connectivity index (χ2n) is 6.97. The van der Waals surface area contributed by atoms with E-state index in [0.717, 1.165) is 16.8 Å². The largest absolute Gasteiger partial charge is 0.344 e. The summed E-state index contributed by atoms with van der Waals surface area (Å²) in [6.07, 6.45) is 4.30. The summed E-state index contributed by atoms with van der Waals surface area (Å²) in [6.45, 7) is 0. The number of hydrogen-bond acceptors (Lipinski definition) is 6. The molecule has 1 atom stereocenters. The first-order valence-corrected chi connectivity index (χ1v) is 9.51. The lowest BCUT2D eigenvalue weighted by molar-refractivity contribution is -0.122. The first-order valence-electron chi connectivity index (χ1n) is 9.51. The highest BCUT2D eigenvalue weighted by molar-refractivity contribution is 5.99. The lowest BCUT2D eigenvalue weighted by atomic mass is 10.1. The maximum absolute atomic E-state index is 12.2. The van der Waals surface area contributed by atoms with Crippen molar-refractivity contribution in [1.82, 2.24) is 30.1 Å². The molecule has 4 heterocycles. The summed E-state index contributed by atoms with van der Waals surface area (Å²) < 4.78 is 1.70. The third kappa shape index (κ3) is 3.37. The Morgan fingerprint density at radius 2 is 1.80 bits per heavy atom. The predicted octanol–water partition coefficient (Wildman–Crippen LogP) is 2.07. The molecule has 0 spiro atoms. The molecule has 0 bridgehead atoms. The Morgan fingerprint density at radius 1 is 1.00 bits per heavy atom. The normalized spacial score (nSPS) is 15.9. The number of benzene rings is 1. The van der Waals surface area contributed by atoms with Gasteiger partial charge in [0.1, 0.15) is 6.04 Å². The Morgan fingerprint density at radius 3 is 2.53 bits per heavy atom. The fraction of sp³-hybridized carbons (Fsp3) is 0.143. The van der Waals surface area contributed by atoms with Gasteiger partial charge in [0.05, 0.1) is 5.69 Å². The first-order chi connectivity index (χ1) is 14.7. The van der Waals surface area contributed by atoms with Gasteiger partial charge in [-0.05, 0) is 42.8 Å². The molecule has 1 aliphatic heterocycles. The standard InChI is InChI=1S/C21H17N7O2/c29-19-8-6-17(24-19)21(30)23-15-3-1-13(2-4-15)16-5-7-18-25-26-20(28(18)27-16)14-9-11-22-12-10-14/h1-5,7,9-12,17H,6,8H2,(H,23,30)(H,24,29). The van der Waals surface area contributed by atoms with Crippen molar-refractivity contribution >= 4 is 23.1 Å². The number of nitrogens with one attached hydrogen (secondary N) is 2. The molecule has 5 rings (SSSR count). The monoisotopic (exact) mass is 399 g/mol. The molecule has 1 saturated heterocycles. The third-order valence-electron chi connectivity index (χ3n) is 4.96. The Balaban J connectivity index is 1.39. The zero-order valence-electron chi connectivity index (χ0n) is 15.8. The van der Waals surface area contributed by atoms with Crippen LogP contribution in [0.2, 0.25) is 0 Å². The van der Waals surface area contributed by atoms with Gasteiger partial charge in [0, 0.05) is 35.6 Å². The number of pyridine rings is 1. The molecular weight excluding hydrogens is 382 g/mol. The van der Waals surface area contributed by atoms with Gasteiger partial charge in [0.15, 0.2) is 11.5 Å². The lowest BCUT2D eigenvalue weighted by Crippen LogP contribution is -2.37. The van der Waals surface area contributed by atoms with Gasteiger partial charge in [0.25, 0.3) is 0 Å². The van der Waals surface area contributed by atoms with Crippen molar-refractivity contribution in [3.8, 4) is 22.6 Å². The minimum Gasteiger partial charge on any atom is -0.344 e. The van der Waals surface area contributed by atoms with E-state index in [9.17, 15) is 9.59 Å². The van der Waals surface area contributed by atoms with Crippen molar-refractivity contribution in [3.05, 3.63) is 60.9 Å². The summed E-state index contributed by atoms with van der Waals surface area (Å²) in [5, 5.41) is 18.6. The van der Waals surface area contributed by atoms with Crippen molar-refractivity contribution in [1.29, 1.82) is 0 Å². The zero-order chi connectivity index (χ0) is 20.5. The van der Waals surface area contributed by atoms with Crippen LogP contribution in [0.25, 0.3) is 28.3 Å². The van der Waals surface area contributed by atoms with E-state index in [2.05, 4.69) is 30.9 Å². The van der Waals surface area contributed by atoms with Crippen LogP contribution in [0, 0.1) is 0 Å². The van der Waals surface area contributed by atoms with E-state index < -0.39 is 6.04 Å². The summed E-state index contributed by atoms with van der Waals surface area (Å²) in [5.41, 5.74) is 3.82. The van der Waals surface area contributed by atoms with E-state index in [1.54, 1.807) is 16.9 Å². The van der Waals surface area contributed by atoms with Crippen LogP contribution in [-0.4, -0.2) is 42.7 Å². The van der Waals surface area contributed by atoms with Gasteiger partial charge in [-0.2, -0.15) is 9.61 Å². The van der Waals surface area contributed by atoms with Gasteiger partial charge < -0.3 is 10.6 Å². The maximum atomic E-state index is 12.2. The number of amides is 2. The van der Waals surface area contributed by atoms with Crippen molar-refractivity contribution in [2.24, 2.45) is 0 Å². The summed E-state index contributed by atoms with van der Waals surface area (Å²) in [4.78, 5) is 27.6. The highest BCUT2D eigenvalue weighted by Gasteiger charge is 2.27. The summed E-state index contributed by atoms with van der Waals surface area (Å²) >= 11 is 0. The zero-order valence-corrected chi connectivity index (χ0v) is 15.8. The van der Waals surface area contributed by atoms with Gasteiger partial charge in [-0.15, -0.1) is 10.2 Å². The van der Waals surface area contributed by atoms with Gasteiger partial charge >= 0.3 is 0 Å². The van der Waals surface area contributed by atoms with Crippen LogP contribution in [0.5, 0.6) is 0 Å². The first kappa shape index (κ1) is 17.9. The maximum Gasteiger partial charge on any atom is 0.246 e. The van der Waals surface area contributed by atoms with Crippen LogP contribution in [0.3, 0.4) is 0 Å². The second kappa shape index (κ2) is 7.36. The number of nitrogens with zero attached hydrogens (tertiary/aromatic N) is 5. The number of aromatic nitrogens is 5. The molecule has 148 valence electrons. The van der Waals surface area contributed by atoms with E-state index in [0.29, 0.717) is 30.0 Å². The second-order valence-corrected chi connectivity index (χ2v) is 6.97. The number of hydrogen-bond donors (Lipinski definition) is 2. The molecule has 0 radical (unpaired) electrons. The smallest absolute Gasteiger partial charge is 0.246 e. The third-order valence-corrected chi connectivity index (χ3v) is 4.96. The Kier molecular flexibility index (Phi) is 4.40. The molecule has 0 aliphatic carbocycles. The molecule has 0 saturated carbocycles. The summed E-state index contributed by atoms with van der Waals surface area (Å²) in [7, 11) is 0. The van der Waals surface area contributed by atoms with Crippen LogP contribution < -0.4 is 10.6 Å². The van der Waals surface area contributed by atoms with Crippen LogP contribution in [0.1, 0.15) is 12.8 Å². The quantitative estimate of drug-likeness (QED) is 0.543. The topological polar surface area (TPSA) is 114 Å². The molecule has 3 aromatic heterocycles. The molecule has 30 heavy (non-hydrogen) atoms. The number of rotatable bonds is 4. The minimum absolute atomic E-state index is 0.0907. The van der Waals surface area contributed by atoms with Crippen LogP contribution in [0.15, 0.2) is 60.9 Å². The fourth-order valence-corrected chi connectivity index (χ4v) is 3.39. The van der Waals surface area contributed by atoms with Crippen molar-refractivity contribution in [2.45, 2.75) is 18.9 Å². The van der Waals surface area contributed by atoms with Crippen LogP contribution in [0.4, 0.5) is 5.69 Å². The fourth-order valence-electron chi connectivity index (χ4n) is 3.39. The van der Waals surface area contributed by atoms with Gasteiger partial charge in [-0.1, -0.05) is 12.1 Å². The summed E-state index contributed by atoms with van der Waals surface area (Å²) in [6, 6.07) is 14.4. The van der Waals surface area contributed by atoms with E-state index in [-0.39, 0.29) is 11.8 Å². The molecule has 1 fully saturated rings. The minimum atomic E-state index is -0.471. The van der Waals surface area contributed by atoms with Gasteiger partial charge in [0.2, 0.25) is 11.8 Å². The molecule has 1 unspecified atom stereocenters. The Hall–Kier alpha value is -4.14. The van der Waals surface area contributed by atoms with E-state index >= 15 is 0 Å².